The number of allylic oxidation sites excluding steroid dienone is 1. The first-order valence-electron chi connectivity index (χ1n) is 12.3. The van der Waals surface area contributed by atoms with Crippen molar-refractivity contribution in [3.8, 4) is 0 Å². The average Bonchev–Trinajstić information content (AvgIpc) is 3.45. The predicted octanol–water partition coefficient (Wildman–Crippen LogP) is 8.90. The van der Waals surface area contributed by atoms with Gasteiger partial charge in [0.2, 0.25) is 0 Å². The Morgan fingerprint density at radius 3 is 1.71 bits per heavy atom. The van der Waals surface area contributed by atoms with Crippen molar-refractivity contribution in [1.82, 2.24) is 0 Å². The van der Waals surface area contributed by atoms with Gasteiger partial charge in [-0.15, -0.1) is 0 Å². The summed E-state index contributed by atoms with van der Waals surface area (Å²) < 4.78 is 53.4. The van der Waals surface area contributed by atoms with E-state index in [4.69, 9.17) is 0 Å². The fourth-order valence-electron chi connectivity index (χ4n) is 4.31. The Balaban J connectivity index is 0.000000156. The summed E-state index contributed by atoms with van der Waals surface area (Å²) in [4.78, 5) is 33.4. The molecule has 0 amide bonds. The van der Waals surface area contributed by atoms with Crippen molar-refractivity contribution in [2.45, 2.75) is 19.3 Å². The van der Waals surface area contributed by atoms with E-state index in [1.165, 1.54) is 0 Å². The van der Waals surface area contributed by atoms with Crippen molar-refractivity contribution >= 4 is 55.8 Å². The molecule has 0 bridgehead atoms. The van der Waals surface area contributed by atoms with E-state index in [2.05, 4.69) is 31.9 Å². The molecule has 0 unspecified atom stereocenters. The summed E-state index contributed by atoms with van der Waals surface area (Å²) in [5.41, 5.74) is 3.85. The molecule has 4 aromatic carbocycles. The molecule has 0 atom stereocenters. The third-order valence-electron chi connectivity index (χ3n) is 6.40. The summed E-state index contributed by atoms with van der Waals surface area (Å²) in [7, 11) is 0. The number of hydrogen-bond acceptors (Lipinski definition) is 3. The van der Waals surface area contributed by atoms with Gasteiger partial charge in [-0.05, 0) is 65.6 Å². The highest BCUT2D eigenvalue weighted by atomic mass is 79.9. The maximum atomic E-state index is 13.2. The van der Waals surface area contributed by atoms with Crippen LogP contribution in [0, 0.1) is 23.3 Å². The summed E-state index contributed by atoms with van der Waals surface area (Å²) in [6.07, 6.45) is 3.81. The lowest BCUT2D eigenvalue weighted by Crippen LogP contribution is -1.97. The minimum atomic E-state index is -0.987. The van der Waals surface area contributed by atoms with Crippen molar-refractivity contribution in [2.75, 3.05) is 0 Å². The third-order valence-corrected chi connectivity index (χ3v) is 7.84. The van der Waals surface area contributed by atoms with Crippen LogP contribution in [0.25, 0.3) is 6.08 Å². The molecule has 9 heteroatoms. The molecular weight excluding hydrogens is 668 g/mol. The Bertz CT molecular complexity index is 1700. The topological polar surface area (TPSA) is 51.2 Å². The second kappa shape index (κ2) is 13.3. The summed E-state index contributed by atoms with van der Waals surface area (Å²) >= 11 is 6.63. The van der Waals surface area contributed by atoms with Gasteiger partial charge in [0.05, 0.1) is 0 Å². The van der Waals surface area contributed by atoms with Gasteiger partial charge in [-0.1, -0.05) is 68.3 Å². The molecule has 0 radical (unpaired) electrons. The number of aryl methyl sites for hydroxylation is 1. The van der Waals surface area contributed by atoms with Crippen LogP contribution in [0.2, 0.25) is 0 Å². The van der Waals surface area contributed by atoms with Gasteiger partial charge in [0.25, 0.3) is 0 Å². The number of benzene rings is 4. The van der Waals surface area contributed by atoms with E-state index >= 15 is 0 Å². The first-order valence-corrected chi connectivity index (χ1v) is 13.9. The Kier molecular flexibility index (Phi) is 9.83. The van der Waals surface area contributed by atoms with E-state index in [1.807, 2.05) is 42.5 Å². The predicted molar refractivity (Wildman–Crippen MR) is 155 cm³/mol. The SMILES string of the molecule is O=C1/C(=C/c2ccccc2Br)Cc2cc(F)c(F)cc21.O=C1CCc2cc(F)c(F)cc21.O=Cc1ccccc1Br. The number of ketones is 2. The molecule has 0 N–H and O–H groups in total. The quantitative estimate of drug-likeness (QED) is 0.120. The monoisotopic (exact) mass is 686 g/mol. The molecule has 0 spiro atoms. The molecule has 6 rings (SSSR count). The second-order valence-electron chi connectivity index (χ2n) is 9.11. The molecule has 4 aromatic rings. The van der Waals surface area contributed by atoms with Crippen molar-refractivity contribution in [3.63, 3.8) is 0 Å². The van der Waals surface area contributed by atoms with E-state index in [0.717, 1.165) is 45.1 Å². The zero-order chi connectivity index (χ0) is 29.7. The summed E-state index contributed by atoms with van der Waals surface area (Å²) in [5.74, 6) is -4.05. The molecule has 0 fully saturated rings. The van der Waals surface area contributed by atoms with Crippen LogP contribution < -0.4 is 0 Å². The van der Waals surface area contributed by atoms with Crippen molar-refractivity contribution in [2.24, 2.45) is 0 Å². The molecular formula is C32H20Br2F4O3. The maximum absolute atomic E-state index is 13.2. The highest BCUT2D eigenvalue weighted by Gasteiger charge is 2.27. The van der Waals surface area contributed by atoms with Crippen molar-refractivity contribution < 1.29 is 31.9 Å². The summed E-state index contributed by atoms with van der Waals surface area (Å²) in [6.45, 7) is 0. The lowest BCUT2D eigenvalue weighted by atomic mass is 10.1. The Hall–Kier alpha value is -3.69. The van der Waals surface area contributed by atoms with Gasteiger partial charge in [-0.3, -0.25) is 14.4 Å². The molecule has 0 saturated carbocycles. The van der Waals surface area contributed by atoms with E-state index in [1.54, 1.807) is 12.1 Å². The number of Topliss-reactive ketones (excluding diaryl/α,β-unsaturated/α-hetero) is 2. The molecule has 208 valence electrons. The molecule has 2 aliphatic carbocycles. The fourth-order valence-corrected chi connectivity index (χ4v) is 5.09. The average molecular weight is 688 g/mol. The zero-order valence-corrected chi connectivity index (χ0v) is 24.4. The van der Waals surface area contributed by atoms with Crippen molar-refractivity contribution in [3.05, 3.63) is 144 Å². The highest BCUT2D eigenvalue weighted by Crippen LogP contribution is 2.31. The number of halogens is 6. The van der Waals surface area contributed by atoms with Crippen LogP contribution >= 0.6 is 31.9 Å². The molecule has 0 aliphatic heterocycles. The number of fused-ring (bicyclic) bond motifs is 2. The van der Waals surface area contributed by atoms with E-state index in [0.29, 0.717) is 47.1 Å². The molecule has 0 saturated heterocycles. The Morgan fingerprint density at radius 1 is 0.634 bits per heavy atom. The van der Waals surface area contributed by atoms with Crippen LogP contribution in [-0.2, 0) is 12.8 Å². The number of carbonyl (C=O) groups is 3. The number of aldehydes is 1. The minimum Gasteiger partial charge on any atom is -0.298 e. The largest absolute Gasteiger partial charge is 0.298 e. The summed E-state index contributed by atoms with van der Waals surface area (Å²) in [5, 5.41) is 0. The summed E-state index contributed by atoms with van der Waals surface area (Å²) in [6, 6.07) is 19.0. The van der Waals surface area contributed by atoms with E-state index < -0.39 is 23.3 Å². The van der Waals surface area contributed by atoms with Gasteiger partial charge in [0.15, 0.2) is 41.1 Å². The zero-order valence-electron chi connectivity index (χ0n) is 21.2. The maximum Gasteiger partial charge on any atom is 0.189 e. The number of carbonyl (C=O) groups excluding carboxylic acids is 3. The fraction of sp³-hybridized carbons (Fsp3) is 0.0938. The van der Waals surface area contributed by atoms with Crippen LogP contribution in [-0.4, -0.2) is 17.9 Å². The molecule has 3 nitrogen and oxygen atoms in total. The second-order valence-corrected chi connectivity index (χ2v) is 10.8. The van der Waals surface area contributed by atoms with Gasteiger partial charge in [0.1, 0.15) is 0 Å². The van der Waals surface area contributed by atoms with Crippen LogP contribution in [0.1, 0.15) is 54.2 Å². The first-order chi connectivity index (χ1) is 19.6. The van der Waals surface area contributed by atoms with Gasteiger partial charge >= 0.3 is 0 Å². The molecule has 0 heterocycles. The Morgan fingerprint density at radius 2 is 1.15 bits per heavy atom. The van der Waals surface area contributed by atoms with Gasteiger partial charge < -0.3 is 0 Å². The minimum absolute atomic E-state index is 0.0936. The highest BCUT2D eigenvalue weighted by molar-refractivity contribution is 9.10. The molecule has 41 heavy (non-hydrogen) atoms. The Labute approximate surface area is 250 Å². The number of rotatable bonds is 2. The van der Waals surface area contributed by atoms with Gasteiger partial charge in [-0.2, -0.15) is 0 Å². The van der Waals surface area contributed by atoms with Crippen LogP contribution in [0.3, 0.4) is 0 Å². The van der Waals surface area contributed by atoms with E-state index in [-0.39, 0.29) is 17.1 Å². The molecule has 2 aliphatic rings. The normalized spacial score (nSPS) is 14.0. The smallest absolute Gasteiger partial charge is 0.189 e. The number of hydrogen-bond donors (Lipinski definition) is 0. The lowest BCUT2D eigenvalue weighted by Gasteiger charge is -1.99. The van der Waals surface area contributed by atoms with Gasteiger partial charge in [0, 0.05) is 44.1 Å². The van der Waals surface area contributed by atoms with Gasteiger partial charge in [-0.25, -0.2) is 17.6 Å². The standard InChI is InChI=1S/C16H9BrF2O.C9H6F2O.C7H5BrO/c17-13-4-2-1-3-9(13)5-11-6-10-7-14(18)15(19)8-12(10)16(11)20;10-7-3-5-1-2-9(12)6(5)4-8(7)11;8-7-4-2-1-3-6(7)5-9/h1-5,7-8H,6H2;3-4H,1-2H2;1-5H/b11-5+;;. The van der Waals surface area contributed by atoms with Crippen LogP contribution in [0.5, 0.6) is 0 Å². The first kappa shape index (κ1) is 30.3. The van der Waals surface area contributed by atoms with E-state index in [9.17, 15) is 31.9 Å². The van der Waals surface area contributed by atoms with Crippen LogP contribution in [0.15, 0.2) is 87.3 Å². The molecule has 0 aromatic heterocycles. The van der Waals surface area contributed by atoms with Crippen LogP contribution in [0.4, 0.5) is 17.6 Å². The lowest BCUT2D eigenvalue weighted by molar-refractivity contribution is 0.0992. The van der Waals surface area contributed by atoms with Crippen molar-refractivity contribution in [1.29, 1.82) is 0 Å². The third kappa shape index (κ3) is 7.15.